The number of nitrogens with zero attached hydrogens (tertiary/aromatic N) is 3. The molecule has 2 aromatic heterocycles. The molecule has 0 atom stereocenters. The van der Waals surface area contributed by atoms with Crippen LogP contribution in [-0.4, -0.2) is 63.2 Å². The molecular weight excluding hydrogens is 480 g/mol. The highest BCUT2D eigenvalue weighted by Gasteiger charge is 2.29. The van der Waals surface area contributed by atoms with Crippen LogP contribution in [0.4, 0.5) is 4.79 Å². The zero-order valence-corrected chi connectivity index (χ0v) is 21.2. The summed E-state index contributed by atoms with van der Waals surface area (Å²) in [4.78, 5) is 54.5. The van der Waals surface area contributed by atoms with Gasteiger partial charge in [0.2, 0.25) is 0 Å². The maximum absolute atomic E-state index is 12.9. The number of benzene rings is 1. The number of fused-ring (bicyclic) bond motifs is 1. The van der Waals surface area contributed by atoms with Crippen LogP contribution in [0.5, 0.6) is 5.75 Å². The number of piperidine rings is 1. The number of para-hydroxylation sites is 1. The number of aromatic amines is 1. The average molecular weight is 511 g/mol. The Morgan fingerprint density at radius 1 is 1.05 bits per heavy atom. The normalized spacial score (nSPS) is 14.3. The van der Waals surface area contributed by atoms with E-state index >= 15 is 0 Å². The number of methoxy groups -OCH3 is 1. The Kier molecular flexibility index (Phi) is 7.18. The van der Waals surface area contributed by atoms with Gasteiger partial charge >= 0.3 is 6.09 Å². The first kappa shape index (κ1) is 25.7. The van der Waals surface area contributed by atoms with Crippen LogP contribution in [-0.2, 0) is 4.74 Å². The highest BCUT2D eigenvalue weighted by atomic mass is 16.6. The molecule has 3 N–H and O–H groups in total. The molecule has 3 amide bonds. The van der Waals surface area contributed by atoms with Crippen LogP contribution in [0.2, 0.25) is 0 Å². The number of hydrazine groups is 1. The molecule has 4 rings (SSSR count). The van der Waals surface area contributed by atoms with Crippen LogP contribution < -0.4 is 21.1 Å². The van der Waals surface area contributed by atoms with E-state index in [1.807, 2.05) is 20.8 Å². The van der Waals surface area contributed by atoms with Crippen molar-refractivity contribution in [2.45, 2.75) is 45.1 Å². The van der Waals surface area contributed by atoms with Crippen LogP contribution >= 0.6 is 0 Å². The summed E-state index contributed by atoms with van der Waals surface area (Å²) in [5, 5.41) is 4.32. The highest BCUT2D eigenvalue weighted by Crippen LogP contribution is 2.28. The van der Waals surface area contributed by atoms with Crippen LogP contribution in [0.3, 0.4) is 0 Å². The number of carbonyl (C=O) groups is 3. The predicted molar refractivity (Wildman–Crippen MR) is 134 cm³/mol. The van der Waals surface area contributed by atoms with Gasteiger partial charge in [-0.3, -0.25) is 25.2 Å². The zero-order chi connectivity index (χ0) is 26.7. The average Bonchev–Trinajstić information content (AvgIpc) is 3.29. The lowest BCUT2D eigenvalue weighted by Gasteiger charge is -2.33. The van der Waals surface area contributed by atoms with E-state index in [0.29, 0.717) is 37.4 Å². The van der Waals surface area contributed by atoms with Crippen LogP contribution in [0.15, 0.2) is 41.3 Å². The Balaban J connectivity index is 1.48. The van der Waals surface area contributed by atoms with Crippen LogP contribution in [0.25, 0.3) is 5.65 Å². The Morgan fingerprint density at radius 2 is 1.70 bits per heavy atom. The fourth-order valence-electron chi connectivity index (χ4n) is 4.23. The number of hydrogen-bond donors (Lipinski definition) is 3. The quantitative estimate of drug-likeness (QED) is 0.456. The van der Waals surface area contributed by atoms with Crippen molar-refractivity contribution in [2.24, 2.45) is 0 Å². The van der Waals surface area contributed by atoms with Gasteiger partial charge in [-0.2, -0.15) is 5.10 Å². The summed E-state index contributed by atoms with van der Waals surface area (Å²) in [6, 6.07) is 8.05. The summed E-state index contributed by atoms with van der Waals surface area (Å²) in [6.45, 7) is 6.40. The number of likely N-dealkylation sites (tertiary alicyclic amines) is 1. The fourth-order valence-corrected chi connectivity index (χ4v) is 4.23. The molecule has 0 saturated carbocycles. The Bertz CT molecular complexity index is 1380. The van der Waals surface area contributed by atoms with E-state index in [0.717, 1.165) is 0 Å². The van der Waals surface area contributed by atoms with Crippen molar-refractivity contribution in [3.63, 3.8) is 0 Å². The van der Waals surface area contributed by atoms with Gasteiger partial charge in [0.25, 0.3) is 17.4 Å². The molecule has 196 valence electrons. The van der Waals surface area contributed by atoms with Gasteiger partial charge < -0.3 is 19.4 Å². The van der Waals surface area contributed by atoms with Crippen LogP contribution in [0.1, 0.15) is 65.9 Å². The van der Waals surface area contributed by atoms with Gasteiger partial charge in [0.1, 0.15) is 22.6 Å². The highest BCUT2D eigenvalue weighted by molar-refractivity contribution is 6.02. The summed E-state index contributed by atoms with van der Waals surface area (Å²) >= 11 is 0. The maximum Gasteiger partial charge on any atom is 0.410 e. The number of rotatable bonds is 4. The molecule has 1 aliphatic heterocycles. The third-order valence-corrected chi connectivity index (χ3v) is 5.99. The first-order chi connectivity index (χ1) is 17.6. The number of amides is 3. The van der Waals surface area contributed by atoms with Crippen molar-refractivity contribution in [2.75, 3.05) is 20.2 Å². The molecule has 1 aliphatic rings. The summed E-state index contributed by atoms with van der Waals surface area (Å²) < 4.78 is 12.1. The second kappa shape index (κ2) is 10.3. The van der Waals surface area contributed by atoms with E-state index in [-0.39, 0.29) is 34.3 Å². The number of ether oxygens (including phenoxy) is 2. The molecule has 0 unspecified atom stereocenters. The molecule has 1 fully saturated rings. The third-order valence-electron chi connectivity index (χ3n) is 5.99. The first-order valence-electron chi connectivity index (χ1n) is 11.9. The molecule has 1 saturated heterocycles. The van der Waals surface area contributed by atoms with Crippen molar-refractivity contribution >= 4 is 23.6 Å². The molecule has 0 aliphatic carbocycles. The summed E-state index contributed by atoms with van der Waals surface area (Å²) in [6.07, 6.45) is 2.17. The van der Waals surface area contributed by atoms with E-state index in [2.05, 4.69) is 20.9 Å². The summed E-state index contributed by atoms with van der Waals surface area (Å²) in [5.41, 5.74) is 4.93. The van der Waals surface area contributed by atoms with Crippen molar-refractivity contribution in [3.05, 3.63) is 63.7 Å². The predicted octanol–water partition coefficient (Wildman–Crippen LogP) is 2.22. The van der Waals surface area contributed by atoms with Crippen LogP contribution in [0, 0.1) is 0 Å². The zero-order valence-electron chi connectivity index (χ0n) is 21.2. The number of nitrogens with one attached hydrogen (secondary N) is 3. The molecule has 12 heteroatoms. The van der Waals surface area contributed by atoms with Gasteiger partial charge in [0, 0.05) is 25.1 Å². The largest absolute Gasteiger partial charge is 0.496 e. The van der Waals surface area contributed by atoms with E-state index < -0.39 is 17.4 Å². The smallest absolute Gasteiger partial charge is 0.410 e. The third kappa shape index (κ3) is 5.74. The first-order valence-corrected chi connectivity index (χ1v) is 11.9. The lowest BCUT2D eigenvalue weighted by molar-refractivity contribution is 0.0203. The molecule has 37 heavy (non-hydrogen) atoms. The molecule has 1 aromatic carbocycles. The standard InChI is InChI=1S/C25H30N6O6/c1-25(2,3)37-24(35)30-11-9-15(10-12-30)18-13-20(32)27-21-17(14-26-31(18)21)23(34)29-28-22(33)16-7-5-6-8-19(16)36-4/h5-8,13-15H,9-12H2,1-4H3,(H,27,32)(H,28,33)(H,29,34). The van der Waals surface area contributed by atoms with Crippen molar-refractivity contribution in [1.82, 2.24) is 30.3 Å². The SMILES string of the molecule is COc1ccccc1C(=O)NNC(=O)c1cnn2c(C3CCN(C(=O)OC(C)(C)C)CC3)cc(=O)[nH]c12. The van der Waals surface area contributed by atoms with Gasteiger partial charge in [-0.1, -0.05) is 12.1 Å². The van der Waals surface area contributed by atoms with Crippen molar-refractivity contribution < 1.29 is 23.9 Å². The molecule has 12 nitrogen and oxygen atoms in total. The van der Waals surface area contributed by atoms with Gasteiger partial charge in [0.05, 0.1) is 24.6 Å². The number of carbonyl (C=O) groups excluding carboxylic acids is 3. The minimum Gasteiger partial charge on any atom is -0.496 e. The number of aromatic nitrogens is 3. The lowest BCUT2D eigenvalue weighted by Crippen LogP contribution is -2.42. The minimum atomic E-state index is -0.647. The van der Waals surface area contributed by atoms with Crippen molar-refractivity contribution in [3.8, 4) is 5.75 Å². The van der Waals surface area contributed by atoms with E-state index in [1.165, 1.54) is 23.9 Å². The lowest BCUT2D eigenvalue weighted by atomic mass is 9.93. The number of H-pyrrole nitrogens is 1. The Hall–Kier alpha value is -4.35. The molecule has 0 radical (unpaired) electrons. The maximum atomic E-state index is 12.9. The molecule has 0 bridgehead atoms. The fraction of sp³-hybridized carbons (Fsp3) is 0.400. The molecule has 3 heterocycles. The summed E-state index contributed by atoms with van der Waals surface area (Å²) in [5.74, 6) is -0.902. The second-order valence-electron chi connectivity index (χ2n) is 9.73. The second-order valence-corrected chi connectivity index (χ2v) is 9.73. The molecule has 3 aromatic rings. The molecular formula is C25H30N6O6. The monoisotopic (exact) mass is 510 g/mol. The topological polar surface area (TPSA) is 147 Å². The van der Waals surface area contributed by atoms with Gasteiger partial charge in [-0.05, 0) is 45.7 Å². The summed E-state index contributed by atoms with van der Waals surface area (Å²) in [7, 11) is 1.44. The molecule has 0 spiro atoms. The van der Waals surface area contributed by atoms with E-state index in [1.54, 1.807) is 29.2 Å². The minimum absolute atomic E-state index is 0.0513. The Morgan fingerprint density at radius 3 is 2.35 bits per heavy atom. The van der Waals surface area contributed by atoms with E-state index in [4.69, 9.17) is 9.47 Å². The Labute approximate surface area is 212 Å². The number of hydrogen-bond acceptors (Lipinski definition) is 7. The van der Waals surface area contributed by atoms with Gasteiger partial charge in [-0.15, -0.1) is 0 Å². The van der Waals surface area contributed by atoms with Gasteiger partial charge in [0.15, 0.2) is 0 Å². The van der Waals surface area contributed by atoms with Crippen molar-refractivity contribution in [1.29, 1.82) is 0 Å². The van der Waals surface area contributed by atoms with Gasteiger partial charge in [-0.25, -0.2) is 9.31 Å². The van der Waals surface area contributed by atoms with E-state index in [9.17, 15) is 19.2 Å².